The molecule has 22 heavy (non-hydrogen) atoms. The summed E-state index contributed by atoms with van der Waals surface area (Å²) in [6.07, 6.45) is 5.90. The molecular weight excluding hydrogens is 284 g/mol. The molecule has 122 valence electrons. The van der Waals surface area contributed by atoms with Crippen molar-refractivity contribution in [2.75, 3.05) is 0 Å². The molecule has 2 N–H and O–H groups in total. The Bertz CT molecular complexity index is 531. The number of rotatable bonds is 7. The summed E-state index contributed by atoms with van der Waals surface area (Å²) in [5, 5.41) is 19.9. The van der Waals surface area contributed by atoms with E-state index in [9.17, 15) is 14.7 Å². The second-order valence-corrected chi connectivity index (χ2v) is 5.85. The van der Waals surface area contributed by atoms with Gasteiger partial charge in [-0.25, -0.2) is 9.48 Å². The third-order valence-electron chi connectivity index (χ3n) is 4.36. The van der Waals surface area contributed by atoms with E-state index in [1.807, 2.05) is 13.8 Å². The fraction of sp³-hybridized carbons (Fsp3) is 0.733. The predicted molar refractivity (Wildman–Crippen MR) is 80.7 cm³/mol. The molecule has 7 nitrogen and oxygen atoms in total. The van der Waals surface area contributed by atoms with Crippen molar-refractivity contribution in [3.63, 3.8) is 0 Å². The molecule has 0 aliphatic heterocycles. The first kappa shape index (κ1) is 16.5. The van der Waals surface area contributed by atoms with Crippen LogP contribution in [0.15, 0.2) is 0 Å². The maximum Gasteiger partial charge on any atom is 0.358 e. The van der Waals surface area contributed by atoms with Gasteiger partial charge in [-0.15, -0.1) is 5.10 Å². The topological polar surface area (TPSA) is 97.1 Å². The van der Waals surface area contributed by atoms with Crippen molar-refractivity contribution >= 4 is 11.9 Å². The molecule has 1 aromatic rings. The fourth-order valence-electron chi connectivity index (χ4n) is 3.15. The largest absolute Gasteiger partial charge is 0.476 e. The number of hydrogen-bond acceptors (Lipinski definition) is 4. The van der Waals surface area contributed by atoms with Crippen LogP contribution >= 0.6 is 0 Å². The average molecular weight is 308 g/mol. The van der Waals surface area contributed by atoms with Crippen LogP contribution in [0.5, 0.6) is 0 Å². The maximum absolute atomic E-state index is 12.2. The lowest BCUT2D eigenvalue weighted by atomic mass is 9.97. The zero-order valence-corrected chi connectivity index (χ0v) is 13.2. The molecule has 1 saturated carbocycles. The number of amides is 1. The minimum atomic E-state index is -1.09. The Hall–Kier alpha value is -1.92. The van der Waals surface area contributed by atoms with Crippen molar-refractivity contribution < 1.29 is 14.7 Å². The van der Waals surface area contributed by atoms with Gasteiger partial charge in [0, 0.05) is 12.0 Å². The molecule has 1 aliphatic rings. The normalized spacial score (nSPS) is 15.4. The molecule has 0 spiro atoms. The highest BCUT2D eigenvalue weighted by molar-refractivity contribution is 5.87. The van der Waals surface area contributed by atoms with Crippen molar-refractivity contribution in [1.82, 2.24) is 20.3 Å². The first-order valence-corrected chi connectivity index (χ1v) is 8.02. The van der Waals surface area contributed by atoms with Crippen molar-refractivity contribution in [3.05, 3.63) is 11.4 Å². The number of aromatic carboxylic acids is 1. The Balaban J connectivity index is 2.15. The van der Waals surface area contributed by atoms with E-state index < -0.39 is 5.97 Å². The third-order valence-corrected chi connectivity index (χ3v) is 4.36. The van der Waals surface area contributed by atoms with Crippen molar-refractivity contribution in [3.8, 4) is 0 Å². The third kappa shape index (κ3) is 3.64. The van der Waals surface area contributed by atoms with E-state index in [4.69, 9.17) is 0 Å². The number of nitrogens with zero attached hydrogens (tertiary/aromatic N) is 3. The Morgan fingerprint density at radius 1 is 1.32 bits per heavy atom. The molecule has 2 rings (SSSR count). The first-order chi connectivity index (χ1) is 10.6. The van der Waals surface area contributed by atoms with Crippen molar-refractivity contribution in [1.29, 1.82) is 0 Å². The van der Waals surface area contributed by atoms with Crippen molar-refractivity contribution in [2.45, 2.75) is 70.9 Å². The highest BCUT2D eigenvalue weighted by Crippen LogP contribution is 2.25. The summed E-state index contributed by atoms with van der Waals surface area (Å²) in [4.78, 5) is 23.5. The lowest BCUT2D eigenvalue weighted by Crippen LogP contribution is -2.36. The Labute approximate surface area is 130 Å². The number of carboxylic acid groups (broad SMARTS) is 1. The Morgan fingerprint density at radius 3 is 2.50 bits per heavy atom. The number of hydrogen-bond donors (Lipinski definition) is 2. The summed E-state index contributed by atoms with van der Waals surface area (Å²) in [5.41, 5.74) is 0.515. The van der Waals surface area contributed by atoms with Gasteiger partial charge < -0.3 is 10.4 Å². The molecule has 1 aliphatic carbocycles. The van der Waals surface area contributed by atoms with Crippen LogP contribution in [0.1, 0.15) is 74.5 Å². The first-order valence-electron chi connectivity index (χ1n) is 8.02. The zero-order valence-electron chi connectivity index (χ0n) is 13.2. The molecule has 1 fully saturated rings. The summed E-state index contributed by atoms with van der Waals surface area (Å²) in [6, 6.07) is 0.242. The second kappa shape index (κ2) is 7.38. The molecule has 1 aromatic heterocycles. The van der Waals surface area contributed by atoms with Gasteiger partial charge in [0.25, 0.3) is 0 Å². The minimum Gasteiger partial charge on any atom is -0.476 e. The summed E-state index contributed by atoms with van der Waals surface area (Å²) in [6.45, 7) is 4.02. The van der Waals surface area contributed by atoms with E-state index in [1.54, 1.807) is 0 Å². The number of carbonyl (C=O) groups excluding carboxylic acids is 1. The molecule has 0 unspecified atom stereocenters. The summed E-state index contributed by atoms with van der Waals surface area (Å²) >= 11 is 0. The van der Waals surface area contributed by atoms with Crippen molar-refractivity contribution in [2.24, 2.45) is 0 Å². The number of nitrogens with one attached hydrogen (secondary N) is 1. The standard InChI is InChI=1S/C15H24N4O3/c1-3-10(4-2)14-13(15(21)22)17-18-19(14)9-12(20)16-11-7-5-6-8-11/h10-11H,3-9H2,1-2H3,(H,16,20)(H,21,22). The second-order valence-electron chi connectivity index (χ2n) is 5.85. The molecule has 0 atom stereocenters. The summed E-state index contributed by atoms with van der Waals surface area (Å²) in [7, 11) is 0. The van der Waals surface area contributed by atoms with Crippen LogP contribution in [0.3, 0.4) is 0 Å². The molecular formula is C15H24N4O3. The van der Waals surface area contributed by atoms with E-state index in [2.05, 4.69) is 15.6 Å². The number of carbonyl (C=O) groups is 2. The van der Waals surface area contributed by atoms with Crippen LogP contribution in [0.25, 0.3) is 0 Å². The highest BCUT2D eigenvalue weighted by Gasteiger charge is 2.26. The molecule has 0 aromatic carbocycles. The van der Waals surface area contributed by atoms with E-state index >= 15 is 0 Å². The molecule has 0 saturated heterocycles. The van der Waals surface area contributed by atoms with Gasteiger partial charge in [-0.05, 0) is 25.7 Å². The average Bonchev–Trinajstić information content (AvgIpc) is 3.11. The SMILES string of the molecule is CCC(CC)c1c(C(=O)O)nnn1CC(=O)NC1CCCC1. The van der Waals surface area contributed by atoms with E-state index in [0.717, 1.165) is 38.5 Å². The highest BCUT2D eigenvalue weighted by atomic mass is 16.4. The van der Waals surface area contributed by atoms with Crippen LogP contribution in [-0.2, 0) is 11.3 Å². The van der Waals surface area contributed by atoms with Gasteiger partial charge in [-0.2, -0.15) is 0 Å². The van der Waals surface area contributed by atoms with Gasteiger partial charge in [-0.1, -0.05) is 31.9 Å². The molecule has 0 bridgehead atoms. The van der Waals surface area contributed by atoms with Gasteiger partial charge in [0.05, 0.1) is 5.69 Å². The predicted octanol–water partition coefficient (Wildman–Crippen LogP) is 1.94. The quantitative estimate of drug-likeness (QED) is 0.802. The van der Waals surface area contributed by atoms with Gasteiger partial charge in [-0.3, -0.25) is 4.79 Å². The maximum atomic E-state index is 12.2. The van der Waals surface area contributed by atoms with Crippen LogP contribution in [0.2, 0.25) is 0 Å². The zero-order chi connectivity index (χ0) is 16.1. The molecule has 7 heteroatoms. The van der Waals surface area contributed by atoms with Crippen LogP contribution in [-0.4, -0.2) is 38.0 Å². The van der Waals surface area contributed by atoms with E-state index in [1.165, 1.54) is 4.68 Å². The molecule has 1 amide bonds. The minimum absolute atomic E-state index is 0.0304. The molecule has 0 radical (unpaired) electrons. The number of aromatic nitrogens is 3. The summed E-state index contributed by atoms with van der Waals surface area (Å²) in [5.74, 6) is -1.18. The smallest absolute Gasteiger partial charge is 0.358 e. The lowest BCUT2D eigenvalue weighted by Gasteiger charge is -2.16. The Kier molecular flexibility index (Phi) is 5.51. The monoisotopic (exact) mass is 308 g/mol. The fourth-order valence-corrected chi connectivity index (χ4v) is 3.15. The lowest BCUT2D eigenvalue weighted by molar-refractivity contribution is -0.122. The summed E-state index contributed by atoms with van der Waals surface area (Å²) < 4.78 is 1.45. The van der Waals surface area contributed by atoms with Gasteiger partial charge in [0.2, 0.25) is 5.91 Å². The number of carboxylic acids is 1. The molecule has 1 heterocycles. The van der Waals surface area contributed by atoms with E-state index in [0.29, 0.717) is 5.69 Å². The van der Waals surface area contributed by atoms with Crippen LogP contribution in [0.4, 0.5) is 0 Å². The van der Waals surface area contributed by atoms with Crippen LogP contribution < -0.4 is 5.32 Å². The van der Waals surface area contributed by atoms with E-state index in [-0.39, 0.29) is 30.1 Å². The van der Waals surface area contributed by atoms with Gasteiger partial charge in [0.15, 0.2) is 5.69 Å². The van der Waals surface area contributed by atoms with Gasteiger partial charge in [0.1, 0.15) is 6.54 Å². The van der Waals surface area contributed by atoms with Gasteiger partial charge >= 0.3 is 5.97 Å². The van der Waals surface area contributed by atoms with Crippen LogP contribution in [0, 0.1) is 0 Å². The Morgan fingerprint density at radius 2 is 1.95 bits per heavy atom.